The number of aromatic nitrogens is 3. The molecule has 0 bridgehead atoms. The maximum atomic E-state index is 13.6. The minimum absolute atomic E-state index is 0.0385. The molecule has 0 N–H and O–H groups in total. The number of carbonyl (C=O) groups excluding carboxylic acids is 1. The molecule has 4 aromatic rings. The van der Waals surface area contributed by atoms with Gasteiger partial charge in [0, 0.05) is 42.9 Å². The first-order valence-electron chi connectivity index (χ1n) is 13.3. The first-order valence-corrected chi connectivity index (χ1v) is 13.3. The Labute approximate surface area is 217 Å². The van der Waals surface area contributed by atoms with Crippen LogP contribution in [0.5, 0.6) is 0 Å². The van der Waals surface area contributed by atoms with Gasteiger partial charge in [-0.15, -0.1) is 0 Å². The molecule has 0 radical (unpaired) electrons. The molecule has 4 heterocycles. The van der Waals surface area contributed by atoms with Gasteiger partial charge in [-0.25, -0.2) is 9.97 Å². The minimum atomic E-state index is 0.0385. The summed E-state index contributed by atoms with van der Waals surface area (Å²) in [5.41, 5.74) is 2.48. The fourth-order valence-corrected chi connectivity index (χ4v) is 5.70. The van der Waals surface area contributed by atoms with Gasteiger partial charge >= 0.3 is 0 Å². The fourth-order valence-electron chi connectivity index (χ4n) is 5.70. The van der Waals surface area contributed by atoms with Crippen molar-refractivity contribution in [2.24, 2.45) is 5.92 Å². The van der Waals surface area contributed by atoms with Gasteiger partial charge in [0.25, 0.3) is 5.91 Å². The summed E-state index contributed by atoms with van der Waals surface area (Å²) < 4.78 is 7.62. The monoisotopic (exact) mass is 495 g/mol. The minimum Gasteiger partial charge on any atom is -0.459 e. The quantitative estimate of drug-likeness (QED) is 0.327. The van der Waals surface area contributed by atoms with Gasteiger partial charge < -0.3 is 9.32 Å². The van der Waals surface area contributed by atoms with Crippen molar-refractivity contribution in [1.82, 2.24) is 24.3 Å². The first-order chi connectivity index (χ1) is 18.3. The second kappa shape index (κ2) is 10.7. The van der Waals surface area contributed by atoms with Crippen LogP contribution >= 0.6 is 0 Å². The van der Waals surface area contributed by atoms with E-state index in [1.54, 1.807) is 30.8 Å². The third-order valence-electron chi connectivity index (χ3n) is 7.71. The van der Waals surface area contributed by atoms with E-state index in [1.807, 2.05) is 12.3 Å². The zero-order valence-corrected chi connectivity index (χ0v) is 21.0. The molecule has 1 aliphatic heterocycles. The molecule has 1 aliphatic carbocycles. The molecule has 1 saturated carbocycles. The SMILES string of the molecule is O=C(c1ccco1)N(C1CC1)C(Cc1ccccc1)C1CCN(Cc2cccn2-c2ncccn2)CC1. The van der Waals surface area contributed by atoms with Crippen LogP contribution in [0.1, 0.15) is 47.5 Å². The third kappa shape index (κ3) is 5.37. The van der Waals surface area contributed by atoms with Gasteiger partial charge in [0.1, 0.15) is 0 Å². The van der Waals surface area contributed by atoms with E-state index >= 15 is 0 Å². The van der Waals surface area contributed by atoms with Gasteiger partial charge in [0.2, 0.25) is 5.95 Å². The summed E-state index contributed by atoms with van der Waals surface area (Å²) in [6.07, 6.45) is 12.3. The molecule has 1 aromatic carbocycles. The molecule has 1 saturated heterocycles. The van der Waals surface area contributed by atoms with Crippen LogP contribution in [-0.4, -0.2) is 55.4 Å². The number of nitrogens with zero attached hydrogens (tertiary/aromatic N) is 5. The van der Waals surface area contributed by atoms with Gasteiger partial charge in [-0.3, -0.25) is 14.3 Å². The van der Waals surface area contributed by atoms with Crippen molar-refractivity contribution in [3.63, 3.8) is 0 Å². The number of piperidine rings is 1. The van der Waals surface area contributed by atoms with Gasteiger partial charge in [-0.1, -0.05) is 30.3 Å². The average Bonchev–Trinajstić information content (AvgIpc) is 3.41. The van der Waals surface area contributed by atoms with E-state index in [9.17, 15) is 4.79 Å². The molecule has 2 fully saturated rings. The van der Waals surface area contributed by atoms with Gasteiger partial charge in [0.15, 0.2) is 5.76 Å². The second-order valence-corrected chi connectivity index (χ2v) is 10.2. The summed E-state index contributed by atoms with van der Waals surface area (Å²) >= 11 is 0. The van der Waals surface area contributed by atoms with Crippen LogP contribution in [0.15, 0.2) is 89.9 Å². The smallest absolute Gasteiger partial charge is 0.290 e. The van der Waals surface area contributed by atoms with Crippen molar-refractivity contribution in [3.05, 3.63) is 103 Å². The van der Waals surface area contributed by atoms with Crippen LogP contribution in [0.4, 0.5) is 0 Å². The summed E-state index contributed by atoms with van der Waals surface area (Å²) in [5, 5.41) is 0. The Hall–Kier alpha value is -3.71. The Bertz CT molecular complexity index is 1280. The van der Waals surface area contributed by atoms with Crippen molar-refractivity contribution in [3.8, 4) is 5.95 Å². The van der Waals surface area contributed by atoms with E-state index in [2.05, 4.69) is 66.8 Å². The van der Waals surface area contributed by atoms with E-state index in [0.717, 1.165) is 51.7 Å². The molecule has 1 atom stereocenters. The molecule has 2 aliphatic rings. The maximum Gasteiger partial charge on any atom is 0.290 e. The van der Waals surface area contributed by atoms with Crippen LogP contribution in [-0.2, 0) is 13.0 Å². The molecule has 7 nitrogen and oxygen atoms in total. The lowest BCUT2D eigenvalue weighted by atomic mass is 9.84. The molecular weight excluding hydrogens is 462 g/mol. The number of hydrogen-bond donors (Lipinski definition) is 0. The zero-order chi connectivity index (χ0) is 25.0. The van der Waals surface area contributed by atoms with Crippen molar-refractivity contribution < 1.29 is 9.21 Å². The molecule has 3 aromatic heterocycles. The Kier molecular flexibility index (Phi) is 6.86. The predicted molar refractivity (Wildman–Crippen MR) is 141 cm³/mol. The summed E-state index contributed by atoms with van der Waals surface area (Å²) in [4.78, 5) is 27.1. The lowest BCUT2D eigenvalue weighted by molar-refractivity contribution is 0.0452. The molecule has 6 rings (SSSR count). The Morgan fingerprint density at radius 2 is 1.73 bits per heavy atom. The van der Waals surface area contributed by atoms with E-state index in [1.165, 1.54) is 11.3 Å². The van der Waals surface area contributed by atoms with E-state index in [0.29, 0.717) is 23.7 Å². The predicted octanol–water partition coefficient (Wildman–Crippen LogP) is 4.99. The summed E-state index contributed by atoms with van der Waals surface area (Å²) in [6, 6.07) is 20.7. The number of furan rings is 1. The average molecular weight is 496 g/mol. The lowest BCUT2D eigenvalue weighted by Gasteiger charge is -2.41. The number of amides is 1. The van der Waals surface area contributed by atoms with E-state index < -0.39 is 0 Å². The van der Waals surface area contributed by atoms with Crippen LogP contribution < -0.4 is 0 Å². The van der Waals surface area contributed by atoms with Crippen LogP contribution in [0, 0.1) is 5.92 Å². The topological polar surface area (TPSA) is 67.4 Å². The van der Waals surface area contributed by atoms with E-state index in [4.69, 9.17) is 4.42 Å². The summed E-state index contributed by atoms with van der Waals surface area (Å²) in [7, 11) is 0. The number of carbonyl (C=O) groups is 1. The highest BCUT2D eigenvalue weighted by Crippen LogP contribution is 2.36. The van der Waals surface area contributed by atoms with Crippen molar-refractivity contribution in [1.29, 1.82) is 0 Å². The number of benzene rings is 1. The molecule has 190 valence electrons. The van der Waals surface area contributed by atoms with Crippen LogP contribution in [0.3, 0.4) is 0 Å². The van der Waals surface area contributed by atoms with Gasteiger partial charge in [0.05, 0.1) is 6.26 Å². The normalized spacial score (nSPS) is 17.5. The highest BCUT2D eigenvalue weighted by Gasteiger charge is 2.42. The van der Waals surface area contributed by atoms with E-state index in [-0.39, 0.29) is 11.9 Å². The van der Waals surface area contributed by atoms with Crippen LogP contribution in [0.2, 0.25) is 0 Å². The number of rotatable bonds is 9. The summed E-state index contributed by atoms with van der Waals surface area (Å²) in [6.45, 7) is 2.87. The third-order valence-corrected chi connectivity index (χ3v) is 7.71. The Balaban J connectivity index is 1.18. The zero-order valence-electron chi connectivity index (χ0n) is 21.0. The largest absolute Gasteiger partial charge is 0.459 e. The number of hydrogen-bond acceptors (Lipinski definition) is 5. The van der Waals surface area contributed by atoms with Gasteiger partial charge in [-0.05, 0) is 87.0 Å². The maximum absolute atomic E-state index is 13.6. The fraction of sp³-hybridized carbons (Fsp3) is 0.367. The summed E-state index contributed by atoms with van der Waals surface area (Å²) in [5.74, 6) is 1.64. The second-order valence-electron chi connectivity index (χ2n) is 10.2. The Morgan fingerprint density at radius 1 is 0.946 bits per heavy atom. The molecular formula is C30H33N5O2. The van der Waals surface area contributed by atoms with Crippen molar-refractivity contribution in [2.75, 3.05) is 13.1 Å². The highest BCUT2D eigenvalue weighted by molar-refractivity contribution is 5.92. The molecule has 1 unspecified atom stereocenters. The first kappa shape index (κ1) is 23.7. The van der Waals surface area contributed by atoms with Gasteiger partial charge in [-0.2, -0.15) is 0 Å². The number of likely N-dealkylation sites (tertiary alicyclic amines) is 1. The molecule has 37 heavy (non-hydrogen) atoms. The molecule has 0 spiro atoms. The lowest BCUT2D eigenvalue weighted by Crippen LogP contribution is -2.50. The van der Waals surface area contributed by atoms with Crippen molar-refractivity contribution in [2.45, 2.75) is 50.7 Å². The molecule has 1 amide bonds. The standard InChI is InChI=1S/C30H33N5O2/c36-29(28-10-5-20-37-28)35(25-11-12-25)27(21-23-7-2-1-3-8-23)24-13-18-33(19-14-24)22-26-9-4-17-34(26)30-31-15-6-16-32-30/h1-10,15-17,20,24-25,27H,11-14,18-19,21-22H2. The highest BCUT2D eigenvalue weighted by atomic mass is 16.3. The van der Waals surface area contributed by atoms with Crippen LogP contribution in [0.25, 0.3) is 5.95 Å². The Morgan fingerprint density at radius 3 is 2.43 bits per heavy atom. The molecule has 7 heteroatoms. The van der Waals surface area contributed by atoms with Crippen molar-refractivity contribution >= 4 is 5.91 Å².